The van der Waals surface area contributed by atoms with Crippen LogP contribution in [0.4, 0.5) is 5.69 Å². The Kier molecular flexibility index (Phi) is 6.25. The van der Waals surface area contributed by atoms with Gasteiger partial charge in [-0.25, -0.2) is 9.79 Å². The molecule has 1 atom stereocenters. The van der Waals surface area contributed by atoms with Crippen LogP contribution in [-0.4, -0.2) is 22.1 Å². The lowest BCUT2D eigenvalue weighted by Crippen LogP contribution is -2.39. The van der Waals surface area contributed by atoms with Crippen molar-refractivity contribution in [3.8, 4) is 11.3 Å². The van der Waals surface area contributed by atoms with Crippen molar-refractivity contribution in [3.63, 3.8) is 0 Å². The number of thiazole rings is 1. The molecule has 182 valence electrons. The number of non-ortho nitro benzene ring substituents is 1. The predicted octanol–water partition coefficient (Wildman–Crippen LogP) is 4.03. The monoisotopic (exact) mass is 521 g/mol. The molecule has 4 aromatic rings. The molecule has 0 saturated heterocycles. The van der Waals surface area contributed by atoms with Gasteiger partial charge < -0.3 is 9.15 Å². The fourth-order valence-electron chi connectivity index (χ4n) is 3.97. The fourth-order valence-corrected chi connectivity index (χ4v) is 5.82. The van der Waals surface area contributed by atoms with E-state index in [9.17, 15) is 19.7 Å². The lowest BCUT2D eigenvalue weighted by molar-refractivity contribution is -0.384. The van der Waals surface area contributed by atoms with Crippen molar-refractivity contribution >= 4 is 40.4 Å². The number of esters is 1. The van der Waals surface area contributed by atoms with E-state index in [0.29, 0.717) is 37.7 Å². The van der Waals surface area contributed by atoms with Gasteiger partial charge in [0.05, 0.1) is 27.3 Å². The van der Waals surface area contributed by atoms with Gasteiger partial charge in [-0.15, -0.1) is 11.3 Å². The van der Waals surface area contributed by atoms with Crippen molar-refractivity contribution in [3.05, 3.63) is 106 Å². The number of allylic oxidation sites excluding steroid dienone is 1. The van der Waals surface area contributed by atoms with E-state index in [4.69, 9.17) is 9.15 Å². The summed E-state index contributed by atoms with van der Waals surface area (Å²) in [6.45, 7) is 3.69. The van der Waals surface area contributed by atoms with Gasteiger partial charge in [0.2, 0.25) is 0 Å². The van der Waals surface area contributed by atoms with Gasteiger partial charge in [0, 0.05) is 28.6 Å². The first-order chi connectivity index (χ1) is 17.4. The van der Waals surface area contributed by atoms with Crippen molar-refractivity contribution in [2.75, 3.05) is 6.61 Å². The number of rotatable bonds is 6. The minimum atomic E-state index is -0.630. The van der Waals surface area contributed by atoms with Crippen molar-refractivity contribution < 1.29 is 18.9 Å². The molecule has 1 unspecified atom stereocenters. The number of fused-ring (bicyclic) bond motifs is 1. The second-order valence-corrected chi connectivity index (χ2v) is 9.81. The van der Waals surface area contributed by atoms with E-state index in [1.807, 2.05) is 17.5 Å². The number of benzene rings is 1. The quantitative estimate of drug-likeness (QED) is 0.215. The molecular formula is C25H19N3O6S2. The summed E-state index contributed by atoms with van der Waals surface area (Å²) in [5.41, 5.74) is 1.23. The van der Waals surface area contributed by atoms with Gasteiger partial charge in [0.1, 0.15) is 17.6 Å². The number of carbonyl (C=O) groups is 1. The average Bonchev–Trinajstić information content (AvgIpc) is 3.60. The zero-order valence-electron chi connectivity index (χ0n) is 19.2. The summed E-state index contributed by atoms with van der Waals surface area (Å²) in [5.74, 6) is 0.466. The molecule has 0 amide bonds. The van der Waals surface area contributed by atoms with Gasteiger partial charge in [-0.3, -0.25) is 19.5 Å². The lowest BCUT2D eigenvalue weighted by atomic mass is 10.0. The SMILES string of the molecule is CCOC(=O)C1=C(C)N=c2s/c(=C/c3ccc(-c4ccc([N+](=O)[O-])cc4)o3)c(=O)n2C1c1cccs1. The Bertz CT molecular complexity index is 1670. The molecular weight excluding hydrogens is 502 g/mol. The van der Waals surface area contributed by atoms with Crippen molar-refractivity contribution in [2.45, 2.75) is 19.9 Å². The summed E-state index contributed by atoms with van der Waals surface area (Å²) in [7, 11) is 0. The van der Waals surface area contributed by atoms with Gasteiger partial charge in [-0.1, -0.05) is 17.4 Å². The van der Waals surface area contributed by atoms with E-state index in [1.54, 1.807) is 44.2 Å². The molecule has 4 heterocycles. The lowest BCUT2D eigenvalue weighted by Gasteiger charge is -2.23. The number of aromatic nitrogens is 1. The third kappa shape index (κ3) is 4.23. The molecule has 1 aromatic carbocycles. The van der Waals surface area contributed by atoms with E-state index < -0.39 is 16.9 Å². The Morgan fingerprint density at radius 3 is 2.69 bits per heavy atom. The van der Waals surface area contributed by atoms with Gasteiger partial charge in [0.15, 0.2) is 4.80 Å². The number of furan rings is 1. The van der Waals surface area contributed by atoms with E-state index >= 15 is 0 Å². The van der Waals surface area contributed by atoms with E-state index in [0.717, 1.165) is 4.88 Å². The van der Waals surface area contributed by atoms with Crippen LogP contribution in [0.2, 0.25) is 0 Å². The van der Waals surface area contributed by atoms with Crippen molar-refractivity contribution in [1.29, 1.82) is 0 Å². The van der Waals surface area contributed by atoms with Crippen LogP contribution in [0.5, 0.6) is 0 Å². The van der Waals surface area contributed by atoms with Crippen LogP contribution in [0.25, 0.3) is 17.4 Å². The Labute approximate surface area is 212 Å². The molecule has 0 spiro atoms. The number of thiophene rings is 1. The molecule has 0 fully saturated rings. The maximum absolute atomic E-state index is 13.5. The smallest absolute Gasteiger partial charge is 0.338 e. The third-order valence-corrected chi connectivity index (χ3v) is 7.50. The standard InChI is InChI=1S/C25H19N3O6S2/c1-3-33-24(30)21-14(2)26-25-27(22(21)19-5-4-12-35-19)23(29)20(36-25)13-17-10-11-18(34-17)15-6-8-16(9-7-15)28(31)32/h4-13,22H,3H2,1-2H3/b20-13+. The normalized spacial score (nSPS) is 15.5. The van der Waals surface area contributed by atoms with Crippen LogP contribution in [0, 0.1) is 10.1 Å². The molecule has 9 nitrogen and oxygen atoms in total. The molecule has 0 bridgehead atoms. The van der Waals surface area contributed by atoms with Crippen LogP contribution in [-0.2, 0) is 9.53 Å². The number of carbonyl (C=O) groups excluding carboxylic acids is 1. The van der Waals surface area contributed by atoms with Gasteiger partial charge in [-0.2, -0.15) is 0 Å². The number of nitrogens with zero attached hydrogens (tertiary/aromatic N) is 3. The first-order valence-electron chi connectivity index (χ1n) is 10.9. The number of hydrogen-bond donors (Lipinski definition) is 0. The fraction of sp³-hybridized carbons (Fsp3) is 0.160. The largest absolute Gasteiger partial charge is 0.463 e. The molecule has 0 N–H and O–H groups in total. The number of ether oxygens (including phenoxy) is 1. The molecule has 11 heteroatoms. The Balaban J connectivity index is 1.57. The van der Waals surface area contributed by atoms with Crippen molar-refractivity contribution in [2.24, 2.45) is 4.99 Å². The molecule has 3 aromatic heterocycles. The second-order valence-electron chi connectivity index (χ2n) is 7.82. The minimum absolute atomic E-state index is 0.00980. The van der Waals surface area contributed by atoms with Gasteiger partial charge in [0.25, 0.3) is 11.2 Å². The second kappa shape index (κ2) is 9.51. The summed E-state index contributed by atoms with van der Waals surface area (Å²) in [6.07, 6.45) is 1.63. The van der Waals surface area contributed by atoms with E-state index in [-0.39, 0.29) is 17.9 Å². The number of nitro benzene ring substituents is 1. The minimum Gasteiger partial charge on any atom is -0.463 e. The van der Waals surface area contributed by atoms with E-state index in [1.165, 1.54) is 39.4 Å². The maximum Gasteiger partial charge on any atom is 0.338 e. The summed E-state index contributed by atoms with van der Waals surface area (Å²) in [5, 5.41) is 12.8. The van der Waals surface area contributed by atoms with Crippen LogP contribution in [0.15, 0.2) is 79.4 Å². The predicted molar refractivity (Wildman–Crippen MR) is 136 cm³/mol. The number of hydrogen-bond acceptors (Lipinski definition) is 9. The van der Waals surface area contributed by atoms with Gasteiger partial charge in [-0.05, 0) is 49.6 Å². The molecule has 1 aliphatic heterocycles. The van der Waals surface area contributed by atoms with Crippen LogP contribution >= 0.6 is 22.7 Å². The summed E-state index contributed by atoms with van der Waals surface area (Å²) >= 11 is 2.66. The molecule has 0 saturated carbocycles. The average molecular weight is 522 g/mol. The summed E-state index contributed by atoms with van der Waals surface area (Å²) < 4.78 is 13.1. The highest BCUT2D eigenvalue weighted by molar-refractivity contribution is 7.10. The maximum atomic E-state index is 13.5. The molecule has 0 radical (unpaired) electrons. The Morgan fingerprint density at radius 1 is 1.25 bits per heavy atom. The molecule has 0 aliphatic carbocycles. The Morgan fingerprint density at radius 2 is 2.03 bits per heavy atom. The molecule has 36 heavy (non-hydrogen) atoms. The first-order valence-corrected chi connectivity index (χ1v) is 12.6. The summed E-state index contributed by atoms with van der Waals surface area (Å²) in [4.78, 5) is 42.7. The highest BCUT2D eigenvalue weighted by atomic mass is 32.1. The van der Waals surface area contributed by atoms with Crippen LogP contribution < -0.4 is 14.9 Å². The molecule has 5 rings (SSSR count). The first kappa shape index (κ1) is 23.6. The van der Waals surface area contributed by atoms with Crippen molar-refractivity contribution in [1.82, 2.24) is 4.57 Å². The number of nitro groups is 1. The third-order valence-electron chi connectivity index (χ3n) is 5.59. The highest BCUT2D eigenvalue weighted by Gasteiger charge is 2.33. The van der Waals surface area contributed by atoms with E-state index in [2.05, 4.69) is 4.99 Å². The van der Waals surface area contributed by atoms with Gasteiger partial charge >= 0.3 is 5.97 Å². The zero-order valence-corrected chi connectivity index (χ0v) is 20.8. The topological polar surface area (TPSA) is 117 Å². The zero-order chi connectivity index (χ0) is 25.4. The van der Waals surface area contributed by atoms with Crippen LogP contribution in [0.1, 0.15) is 30.5 Å². The molecule has 1 aliphatic rings. The summed E-state index contributed by atoms with van der Waals surface area (Å²) in [6, 6.07) is 12.6. The van der Waals surface area contributed by atoms with Crippen LogP contribution in [0.3, 0.4) is 0 Å². The highest BCUT2D eigenvalue weighted by Crippen LogP contribution is 2.33. The Hall–Kier alpha value is -4.09.